The van der Waals surface area contributed by atoms with Gasteiger partial charge in [0.2, 0.25) is 17.3 Å². The quantitative estimate of drug-likeness (QED) is 0.488. The Kier molecular flexibility index (Phi) is 13.7. The molecule has 2 saturated heterocycles. The van der Waals surface area contributed by atoms with Gasteiger partial charge in [0.15, 0.2) is 0 Å². The number of Topliss-reactive ketones (excluding diaryl/α,β-unsaturated/α-hetero) is 3. The molecule has 10 nitrogen and oxygen atoms in total. The van der Waals surface area contributed by atoms with Crippen molar-refractivity contribution in [1.29, 1.82) is 0 Å². The van der Waals surface area contributed by atoms with E-state index in [1.165, 1.54) is 33.4 Å². The van der Waals surface area contributed by atoms with Crippen LogP contribution < -0.4 is 0 Å². The number of piperazine rings is 1. The lowest BCUT2D eigenvalue weighted by molar-refractivity contribution is -0.144. The predicted molar refractivity (Wildman–Crippen MR) is 124 cm³/mol. The van der Waals surface area contributed by atoms with Gasteiger partial charge in [0.25, 0.3) is 17.7 Å². The predicted octanol–water partition coefficient (Wildman–Crippen LogP) is 1.76. The highest BCUT2D eigenvalue weighted by Crippen LogP contribution is 2.08. The third-order valence-corrected chi connectivity index (χ3v) is 4.96. The SMILES string of the molecule is C.CC(=O)C(=O)N1CCCCC1.CC(=O)C(=O)N1CCN(C)CC1.CC(=O)c1ncc(C)o1. The van der Waals surface area contributed by atoms with E-state index in [-0.39, 0.29) is 42.5 Å². The zero-order valence-corrected chi connectivity index (χ0v) is 19.7. The Balaban J connectivity index is 0.000000463. The number of hydrogen-bond acceptors (Lipinski definition) is 8. The Hall–Kier alpha value is -2.88. The average Bonchev–Trinajstić information content (AvgIpc) is 3.21. The molecule has 10 heteroatoms. The number of piperidine rings is 1. The van der Waals surface area contributed by atoms with Gasteiger partial charge in [-0.15, -0.1) is 0 Å². The van der Waals surface area contributed by atoms with Gasteiger partial charge in [-0.3, -0.25) is 24.0 Å². The maximum absolute atomic E-state index is 11.2. The van der Waals surface area contributed by atoms with E-state index in [9.17, 15) is 24.0 Å². The molecule has 3 heterocycles. The summed E-state index contributed by atoms with van der Waals surface area (Å²) in [5.74, 6) is -0.643. The normalized spacial score (nSPS) is 15.7. The minimum absolute atomic E-state index is 0. The Bertz CT molecular complexity index is 806. The van der Waals surface area contributed by atoms with Crippen LogP contribution in [0.25, 0.3) is 0 Å². The van der Waals surface area contributed by atoms with Crippen molar-refractivity contribution in [3.63, 3.8) is 0 Å². The number of nitrogens with zero attached hydrogens (tertiary/aromatic N) is 4. The molecule has 0 aliphatic carbocycles. The molecule has 0 atom stereocenters. The van der Waals surface area contributed by atoms with Crippen molar-refractivity contribution < 1.29 is 28.4 Å². The molecular weight excluding hydrogens is 428 g/mol. The molecule has 0 N–H and O–H groups in total. The summed E-state index contributed by atoms with van der Waals surface area (Å²) in [7, 11) is 2.01. The second kappa shape index (κ2) is 15.0. The number of ketones is 3. The Morgan fingerprint density at radius 1 is 0.788 bits per heavy atom. The number of aryl methyl sites for hydroxylation is 1. The summed E-state index contributed by atoms with van der Waals surface area (Å²) < 4.78 is 4.88. The van der Waals surface area contributed by atoms with E-state index in [1.807, 2.05) is 7.05 Å². The van der Waals surface area contributed by atoms with Crippen LogP contribution in [-0.2, 0) is 19.2 Å². The third-order valence-electron chi connectivity index (χ3n) is 4.96. The molecule has 2 fully saturated rings. The molecule has 0 radical (unpaired) electrons. The second-order valence-corrected chi connectivity index (χ2v) is 7.89. The highest BCUT2D eigenvalue weighted by molar-refractivity contribution is 6.35. The molecule has 0 bridgehead atoms. The van der Waals surface area contributed by atoms with E-state index in [1.54, 1.807) is 16.7 Å². The average molecular weight is 467 g/mol. The fourth-order valence-corrected chi connectivity index (χ4v) is 3.07. The summed E-state index contributed by atoms with van der Waals surface area (Å²) >= 11 is 0. The lowest BCUT2D eigenvalue weighted by Crippen LogP contribution is -2.48. The third kappa shape index (κ3) is 11.0. The largest absolute Gasteiger partial charge is 0.439 e. The molecule has 33 heavy (non-hydrogen) atoms. The van der Waals surface area contributed by atoms with Crippen molar-refractivity contribution in [1.82, 2.24) is 19.7 Å². The molecule has 2 aliphatic heterocycles. The zero-order chi connectivity index (χ0) is 24.3. The number of carbonyl (C=O) groups excluding carboxylic acids is 5. The second-order valence-electron chi connectivity index (χ2n) is 7.89. The first-order chi connectivity index (χ1) is 15.0. The highest BCUT2D eigenvalue weighted by atomic mass is 16.4. The van der Waals surface area contributed by atoms with E-state index in [0.29, 0.717) is 18.8 Å². The van der Waals surface area contributed by atoms with Gasteiger partial charge >= 0.3 is 0 Å². The lowest BCUT2D eigenvalue weighted by atomic mass is 10.1. The van der Waals surface area contributed by atoms with E-state index in [0.717, 1.165) is 39.0 Å². The van der Waals surface area contributed by atoms with Gasteiger partial charge in [0.1, 0.15) is 5.76 Å². The molecule has 0 saturated carbocycles. The van der Waals surface area contributed by atoms with E-state index < -0.39 is 0 Å². The fourth-order valence-electron chi connectivity index (χ4n) is 3.07. The van der Waals surface area contributed by atoms with Gasteiger partial charge in [0, 0.05) is 60.0 Å². The minimum atomic E-state index is -0.362. The van der Waals surface area contributed by atoms with Crippen LogP contribution in [0.1, 0.15) is 63.9 Å². The van der Waals surface area contributed by atoms with Gasteiger partial charge in [-0.25, -0.2) is 4.98 Å². The van der Waals surface area contributed by atoms with Crippen molar-refractivity contribution in [2.75, 3.05) is 46.3 Å². The number of carbonyl (C=O) groups is 5. The first-order valence-electron chi connectivity index (χ1n) is 10.7. The Labute approximate surface area is 196 Å². The molecule has 1 aromatic heterocycles. The molecule has 186 valence electrons. The molecule has 2 aliphatic rings. The standard InChI is InChI=1S/C8H14N2O2.C8H13NO2.C6H7NO2.CH4/c1-7(11)8(12)10-5-3-9(2)4-6-10;1-7(10)8(11)9-5-3-2-4-6-9;1-4-3-7-6(9-4)5(2)8;/h3-6H2,1-2H3;2-6H2,1H3;3H,1-2H3;1H4. The van der Waals surface area contributed by atoms with Crippen LogP contribution in [0.15, 0.2) is 10.6 Å². The van der Waals surface area contributed by atoms with Gasteiger partial charge in [0.05, 0.1) is 6.20 Å². The number of hydrogen-bond donors (Lipinski definition) is 0. The van der Waals surface area contributed by atoms with Crippen LogP contribution in [0.3, 0.4) is 0 Å². The van der Waals surface area contributed by atoms with Crippen LogP contribution >= 0.6 is 0 Å². The van der Waals surface area contributed by atoms with Gasteiger partial charge in [-0.05, 0) is 33.2 Å². The smallest absolute Gasteiger partial charge is 0.289 e. The van der Waals surface area contributed by atoms with Crippen molar-refractivity contribution in [3.05, 3.63) is 17.8 Å². The number of oxazole rings is 1. The van der Waals surface area contributed by atoms with E-state index in [2.05, 4.69) is 9.88 Å². The number of likely N-dealkylation sites (N-methyl/N-ethyl adjacent to an activating group) is 1. The minimum Gasteiger partial charge on any atom is -0.439 e. The van der Waals surface area contributed by atoms with Crippen molar-refractivity contribution >= 4 is 29.2 Å². The maximum Gasteiger partial charge on any atom is 0.289 e. The lowest BCUT2D eigenvalue weighted by Gasteiger charge is -2.31. The van der Waals surface area contributed by atoms with Crippen molar-refractivity contribution in [2.24, 2.45) is 0 Å². The van der Waals surface area contributed by atoms with Gasteiger partial charge < -0.3 is 19.1 Å². The number of aromatic nitrogens is 1. The highest BCUT2D eigenvalue weighted by Gasteiger charge is 2.21. The fraction of sp³-hybridized carbons (Fsp3) is 0.652. The Morgan fingerprint density at radius 2 is 1.24 bits per heavy atom. The summed E-state index contributed by atoms with van der Waals surface area (Å²) in [6.45, 7) is 10.4. The zero-order valence-electron chi connectivity index (χ0n) is 19.7. The van der Waals surface area contributed by atoms with Crippen LogP contribution in [0.5, 0.6) is 0 Å². The first-order valence-corrected chi connectivity index (χ1v) is 10.7. The summed E-state index contributed by atoms with van der Waals surface area (Å²) in [4.78, 5) is 63.2. The monoisotopic (exact) mass is 466 g/mol. The molecule has 0 unspecified atom stereocenters. The molecule has 0 aromatic carbocycles. The van der Waals surface area contributed by atoms with Gasteiger partial charge in [-0.2, -0.15) is 0 Å². The van der Waals surface area contributed by atoms with Crippen molar-refractivity contribution in [3.8, 4) is 0 Å². The molecule has 2 amide bonds. The molecule has 1 aromatic rings. The topological polar surface area (TPSA) is 121 Å². The van der Waals surface area contributed by atoms with Crippen LogP contribution in [0.2, 0.25) is 0 Å². The van der Waals surface area contributed by atoms with E-state index in [4.69, 9.17) is 4.42 Å². The molecular formula is C23H38N4O6. The summed E-state index contributed by atoms with van der Waals surface area (Å²) in [6.07, 6.45) is 4.79. The number of likely N-dealkylation sites (tertiary alicyclic amines) is 1. The Morgan fingerprint density at radius 3 is 1.58 bits per heavy atom. The van der Waals surface area contributed by atoms with Crippen LogP contribution in [-0.4, -0.2) is 95.2 Å². The van der Waals surface area contributed by atoms with Gasteiger partial charge in [-0.1, -0.05) is 7.43 Å². The summed E-state index contributed by atoms with van der Waals surface area (Å²) in [5.41, 5.74) is 0. The molecule has 3 rings (SSSR count). The number of amides is 2. The summed E-state index contributed by atoms with van der Waals surface area (Å²) in [5, 5.41) is 0. The number of rotatable bonds is 3. The van der Waals surface area contributed by atoms with Crippen LogP contribution in [0.4, 0.5) is 0 Å². The summed E-state index contributed by atoms with van der Waals surface area (Å²) in [6, 6.07) is 0. The van der Waals surface area contributed by atoms with Crippen LogP contribution in [0, 0.1) is 6.92 Å². The van der Waals surface area contributed by atoms with E-state index >= 15 is 0 Å². The maximum atomic E-state index is 11.2. The van der Waals surface area contributed by atoms with Crippen molar-refractivity contribution in [2.45, 2.75) is 54.4 Å². The first kappa shape index (κ1) is 30.1. The molecule has 0 spiro atoms.